The van der Waals surface area contributed by atoms with Gasteiger partial charge in [0.05, 0.1) is 12.1 Å². The second-order valence-electron chi connectivity index (χ2n) is 6.99. The molecule has 7 heterocycles. The monoisotopic (exact) mass is 328 g/mol. The van der Waals surface area contributed by atoms with E-state index in [1.807, 2.05) is 12.4 Å². The minimum Gasteiger partial charge on any atom is -0.306 e. The van der Waals surface area contributed by atoms with Gasteiger partial charge in [0.1, 0.15) is 42.3 Å². The Balaban J connectivity index is 1.48. The van der Waals surface area contributed by atoms with Crippen LogP contribution in [0.25, 0.3) is 0 Å². The molecule has 0 fully saturated rings. The van der Waals surface area contributed by atoms with E-state index in [2.05, 4.69) is 39.7 Å². The highest BCUT2D eigenvalue weighted by Crippen LogP contribution is 2.60. The van der Waals surface area contributed by atoms with Gasteiger partial charge in [-0.2, -0.15) is 0 Å². The van der Waals surface area contributed by atoms with Gasteiger partial charge in [-0.05, 0) is 12.8 Å². The van der Waals surface area contributed by atoms with Gasteiger partial charge in [0.15, 0.2) is 0 Å². The van der Waals surface area contributed by atoms with Crippen LogP contribution in [0.5, 0.6) is 0 Å². The first-order valence-electron chi connectivity index (χ1n) is 8.43. The number of aromatic nitrogens is 6. The van der Waals surface area contributed by atoms with Crippen molar-refractivity contribution in [2.24, 2.45) is 0 Å². The summed E-state index contributed by atoms with van der Waals surface area (Å²) in [5.41, 5.74) is 3.66. The summed E-state index contributed by atoms with van der Waals surface area (Å²) in [6, 6.07) is 0.656. The van der Waals surface area contributed by atoms with Gasteiger partial charge < -0.3 is 9.80 Å². The molecule has 0 aromatic carbocycles. The molecule has 0 radical (unpaired) electrons. The molecular formula is C17H12N8. The Morgan fingerprint density at radius 3 is 1.76 bits per heavy atom. The summed E-state index contributed by atoms with van der Waals surface area (Å²) in [6.07, 6.45) is 10.7. The number of fused-ring (bicyclic) bond motifs is 10. The highest BCUT2D eigenvalue weighted by Gasteiger charge is 2.58. The normalized spacial score (nSPS) is 26.3. The van der Waals surface area contributed by atoms with E-state index in [9.17, 15) is 0 Å². The summed E-state index contributed by atoms with van der Waals surface area (Å²) in [5.74, 6) is 4.36. The Morgan fingerprint density at radius 2 is 1.20 bits per heavy atom. The van der Waals surface area contributed by atoms with Gasteiger partial charge in [-0.15, -0.1) is 0 Å². The van der Waals surface area contributed by atoms with E-state index >= 15 is 0 Å². The Hall–Kier alpha value is -3.16. The average molecular weight is 328 g/mol. The molecule has 8 nitrogen and oxygen atoms in total. The Kier molecular flexibility index (Phi) is 1.91. The van der Waals surface area contributed by atoms with E-state index in [1.165, 1.54) is 16.7 Å². The molecule has 0 aliphatic carbocycles. The van der Waals surface area contributed by atoms with Crippen molar-refractivity contribution in [2.75, 3.05) is 9.80 Å². The first-order chi connectivity index (χ1) is 12.4. The lowest BCUT2D eigenvalue weighted by atomic mass is 9.88. The molecule has 8 heteroatoms. The van der Waals surface area contributed by atoms with Crippen LogP contribution in [0.15, 0.2) is 31.4 Å². The SMILES string of the molecule is c1ncc2c(n1)N1c3ncnc4c3C(C1C2)C1Cc2cncnc2N41. The Labute approximate surface area is 142 Å². The molecule has 2 atom stereocenters. The van der Waals surface area contributed by atoms with Gasteiger partial charge >= 0.3 is 0 Å². The number of anilines is 4. The van der Waals surface area contributed by atoms with E-state index in [4.69, 9.17) is 0 Å². The molecule has 120 valence electrons. The lowest BCUT2D eigenvalue weighted by molar-refractivity contribution is 0.502. The van der Waals surface area contributed by atoms with Crippen molar-refractivity contribution in [3.63, 3.8) is 0 Å². The van der Waals surface area contributed by atoms with Crippen molar-refractivity contribution >= 4 is 23.3 Å². The molecule has 2 unspecified atom stereocenters. The molecule has 3 aromatic heterocycles. The summed E-state index contributed by atoms with van der Waals surface area (Å²) in [4.78, 5) is 31.3. The molecule has 4 aliphatic heterocycles. The predicted molar refractivity (Wildman–Crippen MR) is 88.1 cm³/mol. The highest BCUT2D eigenvalue weighted by atomic mass is 15.4. The first-order valence-corrected chi connectivity index (χ1v) is 8.43. The molecule has 25 heavy (non-hydrogen) atoms. The smallest absolute Gasteiger partial charge is 0.143 e. The molecule has 4 aliphatic rings. The van der Waals surface area contributed by atoms with Crippen molar-refractivity contribution in [1.82, 2.24) is 29.9 Å². The first kappa shape index (κ1) is 12.2. The molecule has 0 amide bonds. The van der Waals surface area contributed by atoms with E-state index in [-0.39, 0.29) is 0 Å². The molecule has 7 rings (SSSR count). The van der Waals surface area contributed by atoms with Crippen LogP contribution in [-0.4, -0.2) is 42.0 Å². The van der Waals surface area contributed by atoms with E-state index < -0.39 is 0 Å². The molecule has 0 bridgehead atoms. The van der Waals surface area contributed by atoms with E-state index in [1.54, 1.807) is 19.0 Å². The fraction of sp³-hybridized carbons (Fsp3) is 0.294. The minimum absolute atomic E-state index is 0.328. The van der Waals surface area contributed by atoms with Crippen LogP contribution in [0.2, 0.25) is 0 Å². The summed E-state index contributed by atoms with van der Waals surface area (Å²) in [6.45, 7) is 0. The zero-order chi connectivity index (χ0) is 16.1. The third-order valence-electron chi connectivity index (χ3n) is 5.97. The lowest BCUT2D eigenvalue weighted by Crippen LogP contribution is -2.37. The van der Waals surface area contributed by atoms with Gasteiger partial charge in [0.25, 0.3) is 0 Å². The van der Waals surface area contributed by atoms with Crippen LogP contribution < -0.4 is 9.80 Å². The van der Waals surface area contributed by atoms with Crippen LogP contribution in [0.3, 0.4) is 0 Å². The maximum Gasteiger partial charge on any atom is 0.143 e. The summed E-state index contributed by atoms with van der Waals surface area (Å²) in [7, 11) is 0. The van der Waals surface area contributed by atoms with Crippen molar-refractivity contribution in [2.45, 2.75) is 30.8 Å². The lowest BCUT2D eigenvalue weighted by Gasteiger charge is -2.28. The molecule has 3 aromatic rings. The molecule has 0 saturated carbocycles. The predicted octanol–water partition coefficient (Wildman–Crippen LogP) is 1.29. The molecular weight excluding hydrogens is 316 g/mol. The van der Waals surface area contributed by atoms with Crippen LogP contribution in [0.1, 0.15) is 22.6 Å². The summed E-state index contributed by atoms with van der Waals surface area (Å²) in [5, 5.41) is 0. The summed E-state index contributed by atoms with van der Waals surface area (Å²) < 4.78 is 0. The number of hydrogen-bond acceptors (Lipinski definition) is 8. The quantitative estimate of drug-likeness (QED) is 0.610. The highest BCUT2D eigenvalue weighted by molar-refractivity contribution is 5.84. The van der Waals surface area contributed by atoms with Crippen LogP contribution in [-0.2, 0) is 12.8 Å². The number of nitrogens with zero attached hydrogens (tertiary/aromatic N) is 8. The van der Waals surface area contributed by atoms with E-state index in [0.717, 1.165) is 36.1 Å². The topological polar surface area (TPSA) is 83.8 Å². The third-order valence-corrected chi connectivity index (χ3v) is 5.97. The Morgan fingerprint density at radius 1 is 0.680 bits per heavy atom. The van der Waals surface area contributed by atoms with Gasteiger partial charge in [-0.3, -0.25) is 0 Å². The van der Waals surface area contributed by atoms with Crippen LogP contribution in [0.4, 0.5) is 23.3 Å². The van der Waals surface area contributed by atoms with E-state index in [0.29, 0.717) is 18.0 Å². The second-order valence-corrected chi connectivity index (χ2v) is 6.99. The van der Waals surface area contributed by atoms with Gasteiger partial charge in [0.2, 0.25) is 0 Å². The maximum absolute atomic E-state index is 4.63. The van der Waals surface area contributed by atoms with Crippen molar-refractivity contribution in [3.05, 3.63) is 48.1 Å². The van der Waals surface area contributed by atoms with Crippen molar-refractivity contribution in [1.29, 1.82) is 0 Å². The van der Waals surface area contributed by atoms with Gasteiger partial charge in [-0.1, -0.05) is 0 Å². The molecule has 0 N–H and O–H groups in total. The summed E-state index contributed by atoms with van der Waals surface area (Å²) >= 11 is 0. The molecule has 0 spiro atoms. The third kappa shape index (κ3) is 1.25. The minimum atomic E-state index is 0.328. The van der Waals surface area contributed by atoms with Crippen LogP contribution >= 0.6 is 0 Å². The maximum atomic E-state index is 4.63. The zero-order valence-electron chi connectivity index (χ0n) is 13.1. The number of rotatable bonds is 0. The molecule has 0 saturated heterocycles. The number of hydrogen-bond donors (Lipinski definition) is 0. The Bertz CT molecular complexity index is 986. The fourth-order valence-electron chi connectivity index (χ4n) is 5.16. The van der Waals surface area contributed by atoms with Crippen LogP contribution in [0, 0.1) is 0 Å². The fourth-order valence-corrected chi connectivity index (χ4v) is 5.16. The standard InChI is InChI=1S/C17H12N8/c1-8-3-18-5-20-14(8)24-10(1)12-11-2-9-4-19-6-21-15(9)25(11)17-13(12)16(24)22-7-23-17/h3-7,10-12H,1-2H2. The van der Waals surface area contributed by atoms with Crippen molar-refractivity contribution < 1.29 is 0 Å². The average Bonchev–Trinajstić information content (AvgIpc) is 3.35. The van der Waals surface area contributed by atoms with Gasteiger partial charge in [-0.25, -0.2) is 29.9 Å². The van der Waals surface area contributed by atoms with Gasteiger partial charge in [0, 0.05) is 35.0 Å². The largest absolute Gasteiger partial charge is 0.306 e. The van der Waals surface area contributed by atoms with Crippen molar-refractivity contribution in [3.8, 4) is 0 Å². The zero-order valence-corrected chi connectivity index (χ0v) is 13.1. The second kappa shape index (κ2) is 3.90.